The third kappa shape index (κ3) is 2.66. The number of nitrogens with two attached hydrogens (primary N) is 1. The van der Waals surface area contributed by atoms with Gasteiger partial charge in [0, 0.05) is 17.6 Å². The first-order valence-corrected chi connectivity index (χ1v) is 7.35. The topological polar surface area (TPSA) is 55.1 Å². The maximum absolute atomic E-state index is 12.3. The Morgan fingerprint density at radius 1 is 1.11 bits per heavy atom. The van der Waals surface area contributed by atoms with Crippen LogP contribution in [-0.2, 0) is 0 Å². The van der Waals surface area contributed by atoms with Gasteiger partial charge in [-0.15, -0.1) is 0 Å². The molecule has 2 fully saturated rings. The lowest BCUT2D eigenvalue weighted by Crippen LogP contribution is -2.53. The van der Waals surface area contributed by atoms with Crippen LogP contribution in [0.25, 0.3) is 0 Å². The minimum absolute atomic E-state index is 0.0676. The summed E-state index contributed by atoms with van der Waals surface area (Å²) in [4.78, 5) is 12.3. The zero-order valence-corrected chi connectivity index (χ0v) is 11.2. The molecule has 2 bridgehead atoms. The van der Waals surface area contributed by atoms with Crippen LogP contribution in [0.4, 0.5) is 0 Å². The van der Waals surface area contributed by atoms with Crippen molar-refractivity contribution in [2.24, 2.45) is 17.6 Å². The molecule has 3 rings (SSSR count). The van der Waals surface area contributed by atoms with E-state index in [4.69, 9.17) is 5.73 Å². The first kappa shape index (κ1) is 12.7. The quantitative estimate of drug-likeness (QED) is 0.855. The van der Waals surface area contributed by atoms with E-state index in [1.54, 1.807) is 0 Å². The fourth-order valence-corrected chi connectivity index (χ4v) is 3.85. The summed E-state index contributed by atoms with van der Waals surface area (Å²) in [5.74, 6) is 1.23. The molecule has 2 aliphatic rings. The summed E-state index contributed by atoms with van der Waals surface area (Å²) in [6, 6.07) is 10.2. The maximum atomic E-state index is 12.3. The van der Waals surface area contributed by atoms with E-state index in [-0.39, 0.29) is 5.91 Å². The number of hydrogen-bond acceptors (Lipinski definition) is 2. The molecule has 0 aliphatic heterocycles. The van der Waals surface area contributed by atoms with Gasteiger partial charge in [0.25, 0.3) is 5.91 Å². The fourth-order valence-electron chi connectivity index (χ4n) is 3.85. The van der Waals surface area contributed by atoms with Crippen LogP contribution in [-0.4, -0.2) is 18.0 Å². The molecule has 0 spiro atoms. The van der Waals surface area contributed by atoms with Crippen molar-refractivity contribution in [1.82, 2.24) is 5.32 Å². The van der Waals surface area contributed by atoms with E-state index in [9.17, 15) is 4.79 Å². The van der Waals surface area contributed by atoms with Gasteiger partial charge < -0.3 is 11.1 Å². The molecule has 2 unspecified atom stereocenters. The molecule has 19 heavy (non-hydrogen) atoms. The molecule has 3 N–H and O–H groups in total. The van der Waals surface area contributed by atoms with E-state index < -0.39 is 0 Å². The van der Waals surface area contributed by atoms with E-state index in [0.29, 0.717) is 23.9 Å². The van der Waals surface area contributed by atoms with E-state index in [1.807, 2.05) is 30.3 Å². The van der Waals surface area contributed by atoms with Crippen molar-refractivity contribution in [2.45, 2.75) is 44.2 Å². The Bertz CT molecular complexity index is 431. The maximum Gasteiger partial charge on any atom is 0.251 e. The van der Waals surface area contributed by atoms with Gasteiger partial charge in [0.05, 0.1) is 0 Å². The SMILES string of the molecule is NC1CC2CCCC(C1)C2NC(=O)c1ccccc1. The molecule has 3 heteroatoms. The highest BCUT2D eigenvalue weighted by atomic mass is 16.1. The van der Waals surface area contributed by atoms with Crippen molar-refractivity contribution in [2.75, 3.05) is 0 Å². The first-order chi connectivity index (χ1) is 9.24. The Morgan fingerprint density at radius 2 is 1.74 bits per heavy atom. The van der Waals surface area contributed by atoms with Crippen LogP contribution in [0.3, 0.4) is 0 Å². The first-order valence-electron chi connectivity index (χ1n) is 7.35. The molecule has 0 radical (unpaired) electrons. The predicted octanol–water partition coefficient (Wildman–Crippen LogP) is 2.32. The zero-order valence-electron chi connectivity index (χ0n) is 11.2. The smallest absolute Gasteiger partial charge is 0.251 e. The van der Waals surface area contributed by atoms with Gasteiger partial charge in [-0.3, -0.25) is 4.79 Å². The number of benzene rings is 1. The van der Waals surface area contributed by atoms with Gasteiger partial charge in [-0.1, -0.05) is 24.6 Å². The van der Waals surface area contributed by atoms with Gasteiger partial charge >= 0.3 is 0 Å². The van der Waals surface area contributed by atoms with Crippen molar-refractivity contribution < 1.29 is 4.79 Å². The van der Waals surface area contributed by atoms with Crippen molar-refractivity contribution in [3.8, 4) is 0 Å². The molecule has 3 nitrogen and oxygen atoms in total. The number of carbonyl (C=O) groups excluding carboxylic acids is 1. The monoisotopic (exact) mass is 258 g/mol. The Balaban J connectivity index is 1.71. The fraction of sp³-hybridized carbons (Fsp3) is 0.562. The van der Waals surface area contributed by atoms with Gasteiger partial charge in [0.15, 0.2) is 0 Å². The summed E-state index contributed by atoms with van der Waals surface area (Å²) >= 11 is 0. The van der Waals surface area contributed by atoms with Crippen molar-refractivity contribution in [3.05, 3.63) is 35.9 Å². The van der Waals surface area contributed by atoms with E-state index in [2.05, 4.69) is 5.32 Å². The van der Waals surface area contributed by atoms with Crippen molar-refractivity contribution in [1.29, 1.82) is 0 Å². The number of rotatable bonds is 2. The Labute approximate surface area is 114 Å². The molecule has 2 aliphatic carbocycles. The number of hydrogen-bond donors (Lipinski definition) is 2. The van der Waals surface area contributed by atoms with Gasteiger partial charge in [-0.25, -0.2) is 0 Å². The molecule has 0 saturated heterocycles. The van der Waals surface area contributed by atoms with Crippen LogP contribution < -0.4 is 11.1 Å². The Hall–Kier alpha value is -1.35. The molecule has 102 valence electrons. The summed E-state index contributed by atoms with van der Waals surface area (Å²) in [7, 11) is 0. The summed E-state index contributed by atoms with van der Waals surface area (Å²) < 4.78 is 0. The van der Waals surface area contributed by atoms with Gasteiger partial charge in [0.2, 0.25) is 0 Å². The third-order valence-electron chi connectivity index (χ3n) is 4.71. The van der Waals surface area contributed by atoms with E-state index in [0.717, 1.165) is 18.4 Å². The molecule has 0 heterocycles. The summed E-state index contributed by atoms with van der Waals surface area (Å²) in [5, 5.41) is 3.26. The highest BCUT2D eigenvalue weighted by Gasteiger charge is 2.39. The van der Waals surface area contributed by atoms with Gasteiger partial charge in [-0.05, 0) is 49.7 Å². The molecular formula is C16H22N2O. The molecule has 1 aromatic rings. The molecule has 0 aromatic heterocycles. The molecule has 2 saturated carbocycles. The standard InChI is InChI=1S/C16H22N2O/c17-14-9-12-7-4-8-13(10-14)15(12)18-16(19)11-5-2-1-3-6-11/h1-3,5-6,12-15H,4,7-10,17H2,(H,18,19). The van der Waals surface area contributed by atoms with Crippen molar-refractivity contribution in [3.63, 3.8) is 0 Å². The Kier molecular flexibility index (Phi) is 3.56. The van der Waals surface area contributed by atoms with Crippen LogP contribution in [0, 0.1) is 11.8 Å². The Morgan fingerprint density at radius 3 is 2.37 bits per heavy atom. The minimum atomic E-state index is 0.0676. The largest absolute Gasteiger partial charge is 0.349 e. The lowest BCUT2D eigenvalue weighted by atomic mass is 9.67. The highest BCUT2D eigenvalue weighted by molar-refractivity contribution is 5.94. The number of carbonyl (C=O) groups is 1. The molecule has 2 atom stereocenters. The van der Waals surface area contributed by atoms with Gasteiger partial charge in [-0.2, -0.15) is 0 Å². The van der Waals surface area contributed by atoms with Gasteiger partial charge in [0.1, 0.15) is 0 Å². The van der Waals surface area contributed by atoms with Crippen molar-refractivity contribution >= 4 is 5.91 Å². The number of fused-ring (bicyclic) bond motifs is 2. The molecule has 1 aromatic carbocycles. The second kappa shape index (κ2) is 5.33. The lowest BCUT2D eigenvalue weighted by molar-refractivity contribution is 0.0756. The normalized spacial score (nSPS) is 33.7. The number of nitrogens with one attached hydrogen (secondary N) is 1. The van der Waals surface area contributed by atoms with Crippen LogP contribution in [0.2, 0.25) is 0 Å². The van der Waals surface area contributed by atoms with Crippen LogP contribution in [0.1, 0.15) is 42.5 Å². The second-order valence-corrected chi connectivity index (χ2v) is 6.05. The average molecular weight is 258 g/mol. The second-order valence-electron chi connectivity index (χ2n) is 6.05. The zero-order chi connectivity index (χ0) is 13.2. The summed E-state index contributed by atoms with van der Waals surface area (Å²) in [6.45, 7) is 0. The van der Waals surface area contributed by atoms with Crippen LogP contribution in [0.15, 0.2) is 30.3 Å². The third-order valence-corrected chi connectivity index (χ3v) is 4.71. The summed E-state index contributed by atoms with van der Waals surface area (Å²) in [5.41, 5.74) is 6.88. The highest BCUT2D eigenvalue weighted by Crippen LogP contribution is 2.39. The lowest BCUT2D eigenvalue weighted by Gasteiger charge is -2.45. The summed E-state index contributed by atoms with van der Waals surface area (Å²) in [6.07, 6.45) is 5.85. The minimum Gasteiger partial charge on any atom is -0.349 e. The van der Waals surface area contributed by atoms with Crippen LogP contribution >= 0.6 is 0 Å². The van der Waals surface area contributed by atoms with E-state index >= 15 is 0 Å². The predicted molar refractivity (Wildman–Crippen MR) is 75.7 cm³/mol. The number of amides is 1. The van der Waals surface area contributed by atoms with Crippen LogP contribution in [0.5, 0.6) is 0 Å². The molecule has 1 amide bonds. The molecular weight excluding hydrogens is 236 g/mol. The average Bonchev–Trinajstić information content (AvgIpc) is 2.41. The van der Waals surface area contributed by atoms with E-state index in [1.165, 1.54) is 19.3 Å².